The van der Waals surface area contributed by atoms with Crippen LogP contribution < -0.4 is 0 Å². The first kappa shape index (κ1) is 13.1. The topological polar surface area (TPSA) is 60.4 Å². The van der Waals surface area contributed by atoms with E-state index in [1.54, 1.807) is 0 Å². The van der Waals surface area contributed by atoms with E-state index < -0.39 is 5.78 Å². The molecule has 4 nitrogen and oxygen atoms in total. The van der Waals surface area contributed by atoms with Crippen molar-refractivity contribution in [3.05, 3.63) is 35.9 Å². The quantitative estimate of drug-likeness (QED) is 0.409. The van der Waals surface area contributed by atoms with Gasteiger partial charge < -0.3 is 4.74 Å². The van der Waals surface area contributed by atoms with Gasteiger partial charge in [0.25, 0.3) is 0 Å². The first-order chi connectivity index (χ1) is 8.22. The Hall–Kier alpha value is -1.97. The number of hydrogen-bond acceptors (Lipinski definition) is 4. The molecule has 0 aliphatic carbocycles. The van der Waals surface area contributed by atoms with Crippen molar-refractivity contribution >= 4 is 18.0 Å². The largest absolute Gasteiger partial charge is 0.461 e. The molecular formula is C13H14O4. The molecule has 0 unspecified atom stereocenters. The fourth-order valence-corrected chi connectivity index (χ4v) is 1.28. The molecule has 0 saturated carbocycles. The maximum absolute atomic E-state index is 11.3. The summed E-state index contributed by atoms with van der Waals surface area (Å²) < 4.78 is 5.00. The highest BCUT2D eigenvalue weighted by Gasteiger charge is 2.05. The molecule has 90 valence electrons. The van der Waals surface area contributed by atoms with Gasteiger partial charge in [0.2, 0.25) is 0 Å². The second-order valence-corrected chi connectivity index (χ2v) is 3.58. The van der Waals surface area contributed by atoms with Crippen LogP contribution in [0.3, 0.4) is 0 Å². The van der Waals surface area contributed by atoms with Crippen molar-refractivity contribution in [1.29, 1.82) is 0 Å². The zero-order valence-electron chi connectivity index (χ0n) is 9.43. The van der Waals surface area contributed by atoms with Gasteiger partial charge in [-0.1, -0.05) is 30.3 Å². The van der Waals surface area contributed by atoms with Gasteiger partial charge in [-0.25, -0.2) is 0 Å². The molecule has 0 atom stereocenters. The van der Waals surface area contributed by atoms with Crippen LogP contribution in [0.25, 0.3) is 0 Å². The molecule has 0 N–H and O–H groups in total. The monoisotopic (exact) mass is 234 g/mol. The van der Waals surface area contributed by atoms with Crippen molar-refractivity contribution in [3.8, 4) is 0 Å². The van der Waals surface area contributed by atoms with Gasteiger partial charge in [-0.05, 0) is 12.0 Å². The van der Waals surface area contributed by atoms with E-state index >= 15 is 0 Å². The first-order valence-corrected chi connectivity index (χ1v) is 5.40. The summed E-state index contributed by atoms with van der Waals surface area (Å²) in [5, 5.41) is 0. The Balaban J connectivity index is 2.18. The molecule has 0 aliphatic heterocycles. The lowest BCUT2D eigenvalue weighted by Gasteiger charge is -2.03. The molecule has 0 aliphatic rings. The van der Waals surface area contributed by atoms with Crippen molar-refractivity contribution in [3.63, 3.8) is 0 Å². The number of ether oxygens (including phenoxy) is 1. The van der Waals surface area contributed by atoms with Crippen LogP contribution in [0.2, 0.25) is 0 Å². The lowest BCUT2D eigenvalue weighted by atomic mass is 10.2. The van der Waals surface area contributed by atoms with Crippen molar-refractivity contribution in [2.24, 2.45) is 0 Å². The Bertz CT molecular complexity index is 384. The Morgan fingerprint density at radius 2 is 1.82 bits per heavy atom. The summed E-state index contributed by atoms with van der Waals surface area (Å²) in [7, 11) is 0. The molecule has 0 saturated heterocycles. The average molecular weight is 234 g/mol. The van der Waals surface area contributed by atoms with Gasteiger partial charge in [0.05, 0.1) is 0 Å². The van der Waals surface area contributed by atoms with Crippen LogP contribution in [0, 0.1) is 0 Å². The van der Waals surface area contributed by atoms with E-state index in [0.29, 0.717) is 6.42 Å². The van der Waals surface area contributed by atoms with Gasteiger partial charge in [0, 0.05) is 12.8 Å². The fourth-order valence-electron chi connectivity index (χ4n) is 1.28. The van der Waals surface area contributed by atoms with Crippen LogP contribution in [0.15, 0.2) is 30.3 Å². The minimum Gasteiger partial charge on any atom is -0.461 e. The molecule has 0 fully saturated rings. The van der Waals surface area contributed by atoms with E-state index in [1.165, 1.54) is 0 Å². The molecule has 0 aromatic heterocycles. The second-order valence-electron chi connectivity index (χ2n) is 3.58. The number of aldehydes is 1. The third-order valence-electron chi connectivity index (χ3n) is 2.18. The summed E-state index contributed by atoms with van der Waals surface area (Å²) in [4.78, 5) is 31.9. The van der Waals surface area contributed by atoms with Crippen LogP contribution in [-0.4, -0.2) is 18.0 Å². The summed E-state index contributed by atoms with van der Waals surface area (Å²) in [5.74, 6) is -0.839. The van der Waals surface area contributed by atoms with Gasteiger partial charge in [-0.3, -0.25) is 14.4 Å². The molecule has 1 aromatic carbocycles. The highest BCUT2D eigenvalue weighted by atomic mass is 16.5. The van der Waals surface area contributed by atoms with E-state index in [2.05, 4.69) is 0 Å². The Kier molecular flexibility index (Phi) is 5.64. The zero-order valence-corrected chi connectivity index (χ0v) is 9.43. The second kappa shape index (κ2) is 7.33. The minimum atomic E-state index is -0.485. The van der Waals surface area contributed by atoms with Crippen LogP contribution >= 0.6 is 0 Å². The van der Waals surface area contributed by atoms with Crippen molar-refractivity contribution in [2.75, 3.05) is 0 Å². The molecule has 0 spiro atoms. The van der Waals surface area contributed by atoms with Crippen molar-refractivity contribution in [2.45, 2.75) is 25.9 Å². The molecule has 0 amide bonds. The van der Waals surface area contributed by atoms with E-state index in [9.17, 15) is 14.4 Å². The molecule has 4 heteroatoms. The molecule has 1 aromatic rings. The number of carbonyl (C=O) groups excluding carboxylic acids is 3. The predicted molar refractivity (Wildman–Crippen MR) is 61.2 cm³/mol. The van der Waals surface area contributed by atoms with Crippen LogP contribution in [0.4, 0.5) is 0 Å². The molecular weight excluding hydrogens is 220 g/mol. The van der Waals surface area contributed by atoms with E-state index in [4.69, 9.17) is 4.74 Å². The molecule has 17 heavy (non-hydrogen) atoms. The maximum Gasteiger partial charge on any atom is 0.306 e. The SMILES string of the molecule is O=CC(=O)CCCC(=O)OCc1ccccc1. The Labute approximate surface area is 99.6 Å². The van der Waals surface area contributed by atoms with Crippen molar-refractivity contribution in [1.82, 2.24) is 0 Å². The van der Waals surface area contributed by atoms with E-state index in [0.717, 1.165) is 5.56 Å². The first-order valence-electron chi connectivity index (χ1n) is 5.40. The smallest absolute Gasteiger partial charge is 0.306 e. The normalized spacial score (nSPS) is 9.65. The van der Waals surface area contributed by atoms with Gasteiger partial charge in [0.15, 0.2) is 12.1 Å². The van der Waals surface area contributed by atoms with Gasteiger partial charge >= 0.3 is 5.97 Å². The van der Waals surface area contributed by atoms with E-state index in [1.807, 2.05) is 30.3 Å². The third kappa shape index (κ3) is 5.61. The lowest BCUT2D eigenvalue weighted by Crippen LogP contribution is -2.06. The van der Waals surface area contributed by atoms with Crippen molar-refractivity contribution < 1.29 is 19.1 Å². The van der Waals surface area contributed by atoms with Gasteiger partial charge in [-0.15, -0.1) is 0 Å². The predicted octanol–water partition coefficient (Wildman–Crippen LogP) is 1.67. The lowest BCUT2D eigenvalue weighted by molar-refractivity contribution is -0.145. The number of ketones is 1. The summed E-state index contributed by atoms with van der Waals surface area (Å²) in [5.41, 5.74) is 0.921. The number of Topliss-reactive ketones (excluding diaryl/α,β-unsaturated/α-hetero) is 1. The molecule has 0 radical (unpaired) electrons. The summed E-state index contributed by atoms with van der Waals surface area (Å²) in [6.07, 6.45) is 0.886. The number of hydrogen-bond donors (Lipinski definition) is 0. The summed E-state index contributed by atoms with van der Waals surface area (Å²) in [6, 6.07) is 9.35. The summed E-state index contributed by atoms with van der Waals surface area (Å²) >= 11 is 0. The van der Waals surface area contributed by atoms with Gasteiger partial charge in [0.1, 0.15) is 6.61 Å². The Morgan fingerprint density at radius 1 is 1.12 bits per heavy atom. The average Bonchev–Trinajstić information content (AvgIpc) is 2.37. The number of benzene rings is 1. The third-order valence-corrected chi connectivity index (χ3v) is 2.18. The van der Waals surface area contributed by atoms with Crippen LogP contribution in [0.1, 0.15) is 24.8 Å². The number of carbonyl (C=O) groups is 3. The summed E-state index contributed by atoms with van der Waals surface area (Å²) in [6.45, 7) is 0.237. The molecule has 0 bridgehead atoms. The van der Waals surface area contributed by atoms with E-state index in [-0.39, 0.29) is 31.7 Å². The highest BCUT2D eigenvalue weighted by molar-refractivity contribution is 6.24. The Morgan fingerprint density at radius 3 is 2.47 bits per heavy atom. The fraction of sp³-hybridized carbons (Fsp3) is 0.308. The molecule has 1 rings (SSSR count). The minimum absolute atomic E-state index is 0.101. The van der Waals surface area contributed by atoms with Crippen LogP contribution in [-0.2, 0) is 25.7 Å². The standard InChI is InChI=1S/C13H14O4/c14-9-12(15)7-4-8-13(16)17-10-11-5-2-1-3-6-11/h1-3,5-6,9H,4,7-8,10H2. The number of esters is 1. The number of rotatable bonds is 7. The van der Waals surface area contributed by atoms with Crippen LogP contribution in [0.5, 0.6) is 0 Å². The molecule has 0 heterocycles. The maximum atomic E-state index is 11.3. The highest BCUT2D eigenvalue weighted by Crippen LogP contribution is 2.03. The van der Waals surface area contributed by atoms with Gasteiger partial charge in [-0.2, -0.15) is 0 Å². The zero-order chi connectivity index (χ0) is 12.5.